The first-order chi connectivity index (χ1) is 8.78. The molecule has 3 rings (SSSR count). The molecule has 1 aromatic rings. The second kappa shape index (κ2) is 5.38. The van der Waals surface area contributed by atoms with Gasteiger partial charge in [0, 0.05) is 23.0 Å². The van der Waals surface area contributed by atoms with E-state index in [-0.39, 0.29) is 0 Å². The minimum Gasteiger partial charge on any atom is -0.236 e. The first kappa shape index (κ1) is 12.7. The van der Waals surface area contributed by atoms with Gasteiger partial charge >= 0.3 is 0 Å². The monoisotopic (exact) mass is 282 g/mol. The van der Waals surface area contributed by atoms with Crippen LogP contribution in [0, 0.1) is 5.92 Å². The van der Waals surface area contributed by atoms with Crippen molar-refractivity contribution in [3.05, 3.63) is 22.2 Å². The number of rotatable bonds is 2. The van der Waals surface area contributed by atoms with Gasteiger partial charge in [0.25, 0.3) is 0 Å². The van der Waals surface area contributed by atoms with Gasteiger partial charge in [-0.1, -0.05) is 37.8 Å². The third kappa shape index (κ3) is 2.39. The molecule has 2 atom stereocenters. The Morgan fingerprint density at radius 1 is 1.28 bits per heavy atom. The van der Waals surface area contributed by atoms with E-state index in [1.807, 2.05) is 11.8 Å². The molecule has 1 fully saturated rings. The molecule has 4 heteroatoms. The molecule has 0 radical (unpaired) electrons. The van der Waals surface area contributed by atoms with Crippen LogP contribution in [-0.4, -0.2) is 9.97 Å². The van der Waals surface area contributed by atoms with Crippen LogP contribution < -0.4 is 0 Å². The standard InChI is InChI=1S/C14H19ClN2S/c1-2-9-4-3-5-10(6-9)14-16-12-8-18-7-11(12)13(15)17-14/h9-10H,2-8H2,1H3. The fraction of sp³-hybridized carbons (Fsp3) is 0.714. The van der Waals surface area contributed by atoms with Gasteiger partial charge < -0.3 is 0 Å². The van der Waals surface area contributed by atoms with Crippen LogP contribution in [0.5, 0.6) is 0 Å². The maximum atomic E-state index is 6.30. The average molecular weight is 283 g/mol. The topological polar surface area (TPSA) is 25.8 Å². The van der Waals surface area contributed by atoms with Gasteiger partial charge in [-0.2, -0.15) is 11.8 Å². The van der Waals surface area contributed by atoms with Gasteiger partial charge in [-0.25, -0.2) is 9.97 Å². The van der Waals surface area contributed by atoms with Crippen LogP contribution in [0.1, 0.15) is 62.0 Å². The van der Waals surface area contributed by atoms with E-state index in [9.17, 15) is 0 Å². The Bertz CT molecular complexity index is 450. The smallest absolute Gasteiger partial charge is 0.137 e. The SMILES string of the molecule is CCC1CCCC(c2nc(Cl)c3c(n2)CSC3)C1. The predicted molar refractivity (Wildman–Crippen MR) is 77.0 cm³/mol. The average Bonchev–Trinajstić information content (AvgIpc) is 2.87. The highest BCUT2D eigenvalue weighted by molar-refractivity contribution is 7.98. The molecule has 0 aromatic carbocycles. The lowest BCUT2D eigenvalue weighted by Gasteiger charge is -2.27. The maximum absolute atomic E-state index is 6.30. The van der Waals surface area contributed by atoms with E-state index in [4.69, 9.17) is 16.6 Å². The minimum atomic E-state index is 0.539. The molecule has 0 amide bonds. The van der Waals surface area contributed by atoms with Gasteiger partial charge in [0.15, 0.2) is 0 Å². The molecule has 1 aliphatic carbocycles. The first-order valence-electron chi connectivity index (χ1n) is 6.90. The zero-order valence-corrected chi connectivity index (χ0v) is 12.4. The summed E-state index contributed by atoms with van der Waals surface area (Å²) >= 11 is 8.19. The fourth-order valence-electron chi connectivity index (χ4n) is 3.11. The van der Waals surface area contributed by atoms with E-state index in [0.29, 0.717) is 11.1 Å². The van der Waals surface area contributed by atoms with Crippen LogP contribution in [0.15, 0.2) is 0 Å². The molecule has 0 spiro atoms. The lowest BCUT2D eigenvalue weighted by atomic mass is 9.80. The van der Waals surface area contributed by atoms with Crippen LogP contribution >= 0.6 is 23.4 Å². The van der Waals surface area contributed by atoms with E-state index in [1.54, 1.807) is 0 Å². The summed E-state index contributed by atoms with van der Waals surface area (Å²) in [5, 5.41) is 0.707. The molecule has 1 aromatic heterocycles. The Kier molecular flexibility index (Phi) is 3.81. The molecule has 2 heterocycles. The molecular formula is C14H19ClN2S. The van der Waals surface area contributed by atoms with Gasteiger partial charge in [-0.15, -0.1) is 0 Å². The van der Waals surface area contributed by atoms with Crippen molar-refractivity contribution in [1.29, 1.82) is 0 Å². The highest BCUT2D eigenvalue weighted by Gasteiger charge is 2.27. The Labute approximate surface area is 118 Å². The molecule has 0 N–H and O–H groups in total. The Balaban J connectivity index is 1.86. The fourth-order valence-corrected chi connectivity index (χ4v) is 4.49. The molecule has 0 saturated heterocycles. The quantitative estimate of drug-likeness (QED) is 0.744. The van der Waals surface area contributed by atoms with E-state index in [1.165, 1.54) is 43.4 Å². The largest absolute Gasteiger partial charge is 0.236 e. The third-order valence-corrected chi connectivity index (χ3v) is 5.55. The van der Waals surface area contributed by atoms with E-state index >= 15 is 0 Å². The number of nitrogens with zero attached hydrogens (tertiary/aromatic N) is 2. The number of aromatic nitrogens is 2. The molecule has 0 bridgehead atoms. The number of fused-ring (bicyclic) bond motifs is 1. The maximum Gasteiger partial charge on any atom is 0.137 e. The van der Waals surface area contributed by atoms with Crippen molar-refractivity contribution in [1.82, 2.24) is 9.97 Å². The van der Waals surface area contributed by atoms with Crippen LogP contribution in [-0.2, 0) is 11.5 Å². The summed E-state index contributed by atoms with van der Waals surface area (Å²) < 4.78 is 0. The molecule has 1 aliphatic heterocycles. The molecule has 2 unspecified atom stereocenters. The molecule has 2 nitrogen and oxygen atoms in total. The number of halogens is 1. The van der Waals surface area contributed by atoms with Crippen molar-refractivity contribution in [3.8, 4) is 0 Å². The second-order valence-corrected chi connectivity index (χ2v) is 6.77. The lowest BCUT2D eigenvalue weighted by molar-refractivity contribution is 0.307. The number of hydrogen-bond acceptors (Lipinski definition) is 3. The Morgan fingerprint density at radius 3 is 3.00 bits per heavy atom. The van der Waals surface area contributed by atoms with Crippen molar-refractivity contribution in [2.45, 2.75) is 56.5 Å². The highest BCUT2D eigenvalue weighted by atomic mass is 35.5. The predicted octanol–water partition coefficient (Wildman–Crippen LogP) is 4.56. The van der Waals surface area contributed by atoms with Gasteiger partial charge in [-0.3, -0.25) is 0 Å². The summed E-state index contributed by atoms with van der Waals surface area (Å²) in [6.45, 7) is 2.29. The van der Waals surface area contributed by atoms with Gasteiger partial charge in [0.1, 0.15) is 11.0 Å². The van der Waals surface area contributed by atoms with E-state index < -0.39 is 0 Å². The van der Waals surface area contributed by atoms with Crippen LogP contribution in [0.2, 0.25) is 5.15 Å². The van der Waals surface area contributed by atoms with Gasteiger partial charge in [-0.05, 0) is 18.8 Å². The Morgan fingerprint density at radius 2 is 2.17 bits per heavy atom. The van der Waals surface area contributed by atoms with Crippen LogP contribution in [0.3, 0.4) is 0 Å². The molecule has 98 valence electrons. The number of hydrogen-bond donors (Lipinski definition) is 0. The van der Waals surface area contributed by atoms with Gasteiger partial charge in [0.2, 0.25) is 0 Å². The lowest BCUT2D eigenvalue weighted by Crippen LogP contribution is -2.16. The minimum absolute atomic E-state index is 0.539. The van der Waals surface area contributed by atoms with Gasteiger partial charge in [0.05, 0.1) is 5.69 Å². The Hall–Kier alpha value is -0.280. The van der Waals surface area contributed by atoms with Crippen LogP contribution in [0.25, 0.3) is 0 Å². The molecule has 2 aliphatic rings. The summed E-state index contributed by atoms with van der Waals surface area (Å²) in [4.78, 5) is 9.37. The van der Waals surface area contributed by atoms with Crippen molar-refractivity contribution in [2.75, 3.05) is 0 Å². The zero-order chi connectivity index (χ0) is 12.5. The molecule has 1 saturated carbocycles. The normalized spacial score (nSPS) is 27.2. The first-order valence-corrected chi connectivity index (χ1v) is 8.44. The van der Waals surface area contributed by atoms with Crippen molar-refractivity contribution < 1.29 is 0 Å². The van der Waals surface area contributed by atoms with Crippen LogP contribution in [0.4, 0.5) is 0 Å². The van der Waals surface area contributed by atoms with Crippen molar-refractivity contribution in [3.63, 3.8) is 0 Å². The summed E-state index contributed by atoms with van der Waals surface area (Å²) in [5.41, 5.74) is 2.36. The summed E-state index contributed by atoms with van der Waals surface area (Å²) in [6, 6.07) is 0. The number of thioether (sulfide) groups is 1. The summed E-state index contributed by atoms with van der Waals surface area (Å²) in [5.74, 6) is 4.40. The molecule has 18 heavy (non-hydrogen) atoms. The molecular weight excluding hydrogens is 264 g/mol. The summed E-state index contributed by atoms with van der Waals surface area (Å²) in [7, 11) is 0. The van der Waals surface area contributed by atoms with E-state index in [2.05, 4.69) is 11.9 Å². The zero-order valence-electron chi connectivity index (χ0n) is 10.8. The second-order valence-electron chi connectivity index (χ2n) is 5.43. The highest BCUT2D eigenvalue weighted by Crippen LogP contribution is 2.39. The summed E-state index contributed by atoms with van der Waals surface area (Å²) in [6.07, 6.45) is 6.46. The third-order valence-electron chi connectivity index (χ3n) is 4.27. The van der Waals surface area contributed by atoms with E-state index in [0.717, 1.165) is 23.2 Å². The van der Waals surface area contributed by atoms with Crippen molar-refractivity contribution >= 4 is 23.4 Å². The van der Waals surface area contributed by atoms with Crippen molar-refractivity contribution in [2.24, 2.45) is 5.92 Å².